The Morgan fingerprint density at radius 3 is 2.87 bits per heavy atom. The lowest BCUT2D eigenvalue weighted by molar-refractivity contribution is -0.117. The van der Waals surface area contributed by atoms with Crippen molar-refractivity contribution in [1.29, 1.82) is 0 Å². The molecule has 0 radical (unpaired) electrons. The van der Waals surface area contributed by atoms with Crippen LogP contribution in [-0.4, -0.2) is 42.3 Å². The van der Waals surface area contributed by atoms with E-state index in [1.54, 1.807) is 0 Å². The van der Waals surface area contributed by atoms with Crippen molar-refractivity contribution in [1.82, 2.24) is 0 Å². The highest BCUT2D eigenvalue weighted by Crippen LogP contribution is 2.41. The number of hydrogen-bond donors (Lipinski definition) is 0. The van der Waals surface area contributed by atoms with E-state index in [9.17, 15) is 13.2 Å². The molecule has 0 bridgehead atoms. The Bertz CT molecular complexity index is 758. The third kappa shape index (κ3) is 3.45. The molecule has 2 heterocycles. The summed E-state index contributed by atoms with van der Waals surface area (Å²) in [7, 11) is -3.02. The molecule has 124 valence electrons. The number of rotatable bonds is 3. The lowest BCUT2D eigenvalue weighted by Crippen LogP contribution is -2.37. The largest absolute Gasteiger partial charge is 0.316 e. The average molecular weight is 352 g/mol. The van der Waals surface area contributed by atoms with Crippen LogP contribution in [0.5, 0.6) is 0 Å². The van der Waals surface area contributed by atoms with Gasteiger partial charge in [-0.1, -0.05) is 30.8 Å². The number of fused-ring (bicyclic) bond motifs is 1. The van der Waals surface area contributed by atoms with Gasteiger partial charge in [0, 0.05) is 17.4 Å². The molecule has 2 aliphatic heterocycles. The second-order valence-electron chi connectivity index (χ2n) is 6.05. The van der Waals surface area contributed by atoms with E-state index in [1.165, 1.54) is 11.8 Å². The first-order valence-corrected chi connectivity index (χ1v) is 10.4. The van der Waals surface area contributed by atoms with Gasteiger partial charge in [-0.3, -0.25) is 4.79 Å². The van der Waals surface area contributed by atoms with Crippen molar-refractivity contribution >= 4 is 38.4 Å². The Labute approximate surface area is 141 Å². The predicted octanol–water partition coefficient (Wildman–Crippen LogP) is 2.40. The molecule has 1 aromatic carbocycles. The van der Waals surface area contributed by atoms with E-state index < -0.39 is 9.84 Å². The number of anilines is 1. The zero-order chi connectivity index (χ0) is 16.6. The summed E-state index contributed by atoms with van der Waals surface area (Å²) in [5.74, 6) is 0.140. The van der Waals surface area contributed by atoms with Crippen LogP contribution in [0.1, 0.15) is 25.3 Å². The molecule has 0 saturated carbocycles. The summed E-state index contributed by atoms with van der Waals surface area (Å²) in [5.41, 5.74) is 2.00. The Hall–Kier alpha value is -1.34. The number of benzene rings is 1. The number of nitrogens with zero attached hydrogens (tertiary/aromatic N) is 2. The van der Waals surface area contributed by atoms with Crippen LogP contribution in [0.3, 0.4) is 0 Å². The molecule has 2 aliphatic rings. The molecule has 1 amide bonds. The Kier molecular flexibility index (Phi) is 4.51. The van der Waals surface area contributed by atoms with Gasteiger partial charge in [-0.05, 0) is 31.0 Å². The van der Waals surface area contributed by atoms with Gasteiger partial charge in [-0.25, -0.2) is 8.42 Å². The van der Waals surface area contributed by atoms with E-state index in [4.69, 9.17) is 0 Å². The van der Waals surface area contributed by atoms with E-state index in [2.05, 4.69) is 4.99 Å². The Balaban J connectivity index is 1.99. The number of thioether (sulfide) groups is 1. The molecule has 1 aromatic rings. The van der Waals surface area contributed by atoms with Gasteiger partial charge < -0.3 is 4.90 Å². The van der Waals surface area contributed by atoms with Crippen molar-refractivity contribution < 1.29 is 13.2 Å². The van der Waals surface area contributed by atoms with Gasteiger partial charge in [0.2, 0.25) is 5.91 Å². The maximum Gasteiger partial charge on any atom is 0.248 e. The number of carbonyl (C=O) groups excluding carboxylic acids is 1. The fourth-order valence-electron chi connectivity index (χ4n) is 3.02. The predicted molar refractivity (Wildman–Crippen MR) is 94.8 cm³/mol. The second-order valence-corrected chi connectivity index (χ2v) is 9.41. The summed E-state index contributed by atoms with van der Waals surface area (Å²) >= 11 is 1.42. The molecule has 2 fully saturated rings. The topological polar surface area (TPSA) is 66.8 Å². The number of sulfone groups is 1. The summed E-state index contributed by atoms with van der Waals surface area (Å²) < 4.78 is 23.9. The van der Waals surface area contributed by atoms with E-state index in [1.807, 2.05) is 43.0 Å². The molecular weight excluding hydrogens is 332 g/mol. The van der Waals surface area contributed by atoms with Crippen LogP contribution in [0, 0.1) is 6.92 Å². The number of aryl methyl sites for hydroxylation is 1. The molecule has 2 saturated heterocycles. The van der Waals surface area contributed by atoms with Crippen LogP contribution in [0.4, 0.5) is 5.69 Å². The van der Waals surface area contributed by atoms with Gasteiger partial charge in [0.05, 0.1) is 17.5 Å². The van der Waals surface area contributed by atoms with Crippen LogP contribution in [0.25, 0.3) is 0 Å². The van der Waals surface area contributed by atoms with Gasteiger partial charge in [-0.15, -0.1) is 0 Å². The second kappa shape index (κ2) is 6.28. The number of carbonyl (C=O) groups is 1. The molecule has 0 aliphatic carbocycles. The van der Waals surface area contributed by atoms with Crippen molar-refractivity contribution in [2.24, 2.45) is 4.99 Å². The van der Waals surface area contributed by atoms with Crippen LogP contribution in [0.2, 0.25) is 0 Å². The summed E-state index contributed by atoms with van der Waals surface area (Å²) in [6, 6.07) is 7.75. The van der Waals surface area contributed by atoms with Gasteiger partial charge in [0.15, 0.2) is 15.0 Å². The highest BCUT2D eigenvalue weighted by Gasteiger charge is 2.49. The quantitative estimate of drug-likeness (QED) is 0.836. The smallest absolute Gasteiger partial charge is 0.248 e. The summed E-state index contributed by atoms with van der Waals surface area (Å²) in [5, 5.41) is 0.590. The minimum Gasteiger partial charge on any atom is -0.316 e. The first-order valence-electron chi connectivity index (χ1n) is 7.74. The molecule has 0 unspecified atom stereocenters. The first-order chi connectivity index (χ1) is 10.9. The lowest BCUT2D eigenvalue weighted by Gasteiger charge is -2.24. The van der Waals surface area contributed by atoms with Gasteiger partial charge >= 0.3 is 0 Å². The molecule has 2 atom stereocenters. The van der Waals surface area contributed by atoms with Crippen molar-refractivity contribution in [3.63, 3.8) is 0 Å². The minimum absolute atomic E-state index is 0.0475. The molecule has 5 nitrogen and oxygen atoms in total. The zero-order valence-corrected chi connectivity index (χ0v) is 14.9. The number of amidine groups is 1. The normalized spacial score (nSPS) is 27.4. The van der Waals surface area contributed by atoms with Crippen molar-refractivity contribution in [3.05, 3.63) is 29.8 Å². The monoisotopic (exact) mass is 352 g/mol. The zero-order valence-electron chi connectivity index (χ0n) is 13.2. The highest BCUT2D eigenvalue weighted by molar-refractivity contribution is 8.16. The van der Waals surface area contributed by atoms with Crippen LogP contribution < -0.4 is 4.90 Å². The van der Waals surface area contributed by atoms with Crippen LogP contribution >= 0.6 is 11.8 Å². The van der Waals surface area contributed by atoms with E-state index in [0.717, 1.165) is 17.7 Å². The summed E-state index contributed by atoms with van der Waals surface area (Å²) in [4.78, 5) is 18.1. The Morgan fingerprint density at radius 1 is 1.39 bits per heavy atom. The third-order valence-electron chi connectivity index (χ3n) is 4.03. The van der Waals surface area contributed by atoms with E-state index in [0.29, 0.717) is 11.6 Å². The number of aliphatic imine (C=N–C) groups is 1. The molecule has 0 N–H and O–H groups in total. The fourth-order valence-corrected chi connectivity index (χ4v) is 6.95. The van der Waals surface area contributed by atoms with Crippen LogP contribution in [0.15, 0.2) is 29.3 Å². The maximum absolute atomic E-state index is 12.0. The molecule has 7 heteroatoms. The average Bonchev–Trinajstić information content (AvgIpc) is 2.89. The standard InChI is InChI=1S/C16H20N2O3S2/c1-3-5-15(19)17-16-18(12-7-4-6-11(2)8-12)13-9-23(20,21)10-14(13)22-16/h4,6-8,13-14H,3,5,9-10H2,1-2H3/t13-,14-/m1/s1. The van der Waals surface area contributed by atoms with E-state index >= 15 is 0 Å². The highest BCUT2D eigenvalue weighted by atomic mass is 32.2. The summed E-state index contributed by atoms with van der Waals surface area (Å²) in [6.07, 6.45) is 1.17. The fraction of sp³-hybridized carbons (Fsp3) is 0.500. The number of hydrogen-bond acceptors (Lipinski definition) is 4. The Morgan fingerprint density at radius 2 is 2.17 bits per heavy atom. The van der Waals surface area contributed by atoms with Gasteiger partial charge in [-0.2, -0.15) is 4.99 Å². The molecule has 3 rings (SSSR count). The van der Waals surface area contributed by atoms with Gasteiger partial charge in [0.25, 0.3) is 0 Å². The molecular formula is C16H20N2O3S2. The summed E-state index contributed by atoms with van der Waals surface area (Å²) in [6.45, 7) is 3.94. The van der Waals surface area contributed by atoms with Crippen molar-refractivity contribution in [2.75, 3.05) is 16.4 Å². The van der Waals surface area contributed by atoms with Crippen LogP contribution in [-0.2, 0) is 14.6 Å². The lowest BCUT2D eigenvalue weighted by atomic mass is 10.1. The third-order valence-corrected chi connectivity index (χ3v) is 7.24. The van der Waals surface area contributed by atoms with E-state index in [-0.39, 0.29) is 28.7 Å². The maximum atomic E-state index is 12.0. The molecule has 23 heavy (non-hydrogen) atoms. The molecule has 0 aromatic heterocycles. The minimum atomic E-state index is -3.02. The molecule has 0 spiro atoms. The van der Waals surface area contributed by atoms with Gasteiger partial charge in [0.1, 0.15) is 0 Å². The van der Waals surface area contributed by atoms with Crippen molar-refractivity contribution in [3.8, 4) is 0 Å². The number of amides is 1. The van der Waals surface area contributed by atoms with Crippen molar-refractivity contribution in [2.45, 2.75) is 38.0 Å². The first kappa shape index (κ1) is 16.5. The SMILES string of the molecule is CCCC(=O)N=C1S[C@@H]2CS(=O)(=O)C[C@H]2N1c1cccc(C)c1.